The largest absolute Gasteiger partial charge is 0.493 e. The fourth-order valence-electron chi connectivity index (χ4n) is 2.74. The Morgan fingerprint density at radius 1 is 1.00 bits per heavy atom. The first-order chi connectivity index (χ1) is 13.9. The van der Waals surface area contributed by atoms with Gasteiger partial charge >= 0.3 is 0 Å². The topological polar surface area (TPSA) is 67.9 Å². The minimum atomic E-state index is -0.357. The Labute approximate surface area is 179 Å². The zero-order valence-corrected chi connectivity index (χ0v) is 18.6. The summed E-state index contributed by atoms with van der Waals surface area (Å²) in [6.45, 7) is 4.86. The molecule has 0 bridgehead atoms. The van der Waals surface area contributed by atoms with Crippen LogP contribution in [0, 0.1) is 0 Å². The Morgan fingerprint density at radius 2 is 1.62 bits per heavy atom. The average molecular weight is 461 g/mol. The molecule has 0 saturated carbocycles. The maximum atomic E-state index is 13.0. The van der Waals surface area contributed by atoms with Crippen LogP contribution in [-0.2, 0) is 4.79 Å². The standard InChI is InChI=1S/C22H25BrN2O4/c1-5-25(6-2)22(27)18(24-21(26)16-8-10-17(23)11-9-16)13-15-7-12-19(28-3)20(14-15)29-4/h7-14H,5-6H2,1-4H3,(H,24,26)/b18-13-. The molecule has 0 spiro atoms. The number of nitrogens with one attached hydrogen (secondary N) is 1. The van der Waals surface area contributed by atoms with E-state index < -0.39 is 0 Å². The molecule has 0 saturated heterocycles. The second kappa shape index (κ2) is 10.7. The van der Waals surface area contributed by atoms with Crippen molar-refractivity contribution in [2.45, 2.75) is 13.8 Å². The summed E-state index contributed by atoms with van der Waals surface area (Å²) in [6, 6.07) is 12.2. The van der Waals surface area contributed by atoms with Crippen molar-refractivity contribution in [1.29, 1.82) is 0 Å². The average Bonchev–Trinajstić information content (AvgIpc) is 2.74. The third-order valence-electron chi connectivity index (χ3n) is 4.35. The van der Waals surface area contributed by atoms with E-state index in [-0.39, 0.29) is 17.5 Å². The molecular weight excluding hydrogens is 436 g/mol. The van der Waals surface area contributed by atoms with Crippen LogP contribution in [0.2, 0.25) is 0 Å². The van der Waals surface area contributed by atoms with Gasteiger partial charge in [-0.05, 0) is 61.9 Å². The van der Waals surface area contributed by atoms with Gasteiger partial charge in [0.1, 0.15) is 5.70 Å². The molecule has 6 nitrogen and oxygen atoms in total. The minimum Gasteiger partial charge on any atom is -0.493 e. The fourth-order valence-corrected chi connectivity index (χ4v) is 3.00. The lowest BCUT2D eigenvalue weighted by Crippen LogP contribution is -2.38. The molecule has 0 aliphatic rings. The number of likely N-dealkylation sites (N-methyl/N-ethyl adjacent to an activating group) is 1. The Morgan fingerprint density at radius 3 is 2.17 bits per heavy atom. The van der Waals surface area contributed by atoms with Gasteiger partial charge < -0.3 is 19.7 Å². The minimum absolute atomic E-state index is 0.189. The van der Waals surface area contributed by atoms with Gasteiger partial charge in [0, 0.05) is 23.1 Å². The third kappa shape index (κ3) is 5.84. The molecule has 0 atom stereocenters. The molecule has 0 unspecified atom stereocenters. The summed E-state index contributed by atoms with van der Waals surface area (Å²) >= 11 is 3.35. The van der Waals surface area contributed by atoms with Crippen molar-refractivity contribution in [3.05, 3.63) is 63.8 Å². The maximum Gasteiger partial charge on any atom is 0.270 e. The Kier molecular flexibility index (Phi) is 8.27. The quantitative estimate of drug-likeness (QED) is 0.601. The lowest BCUT2D eigenvalue weighted by atomic mass is 10.1. The first-order valence-electron chi connectivity index (χ1n) is 9.23. The van der Waals surface area contributed by atoms with Crippen LogP contribution in [-0.4, -0.2) is 44.0 Å². The number of methoxy groups -OCH3 is 2. The second-order valence-electron chi connectivity index (χ2n) is 6.11. The number of carbonyl (C=O) groups excluding carboxylic acids is 2. The molecule has 7 heteroatoms. The monoisotopic (exact) mass is 460 g/mol. The molecule has 2 aromatic carbocycles. The first kappa shape index (κ1) is 22.5. The van der Waals surface area contributed by atoms with Crippen LogP contribution < -0.4 is 14.8 Å². The summed E-state index contributed by atoms with van der Waals surface area (Å²) in [7, 11) is 3.10. The van der Waals surface area contributed by atoms with Crippen LogP contribution in [0.15, 0.2) is 52.6 Å². The van der Waals surface area contributed by atoms with Crippen molar-refractivity contribution in [1.82, 2.24) is 10.2 Å². The Bertz CT molecular complexity index is 890. The maximum absolute atomic E-state index is 13.0. The van der Waals surface area contributed by atoms with Crippen LogP contribution in [0.25, 0.3) is 6.08 Å². The highest BCUT2D eigenvalue weighted by atomic mass is 79.9. The van der Waals surface area contributed by atoms with Crippen LogP contribution in [0.5, 0.6) is 11.5 Å². The van der Waals surface area contributed by atoms with Crippen molar-refractivity contribution in [3.8, 4) is 11.5 Å². The number of rotatable bonds is 8. The molecule has 1 N–H and O–H groups in total. The van der Waals surface area contributed by atoms with Crippen LogP contribution in [0.1, 0.15) is 29.8 Å². The summed E-state index contributed by atoms with van der Waals surface area (Å²) in [5.41, 5.74) is 1.35. The highest BCUT2D eigenvalue weighted by Crippen LogP contribution is 2.28. The highest BCUT2D eigenvalue weighted by Gasteiger charge is 2.19. The van der Waals surface area contributed by atoms with Gasteiger partial charge in [0.15, 0.2) is 11.5 Å². The Balaban J connectivity index is 2.41. The van der Waals surface area contributed by atoms with E-state index in [4.69, 9.17) is 9.47 Å². The number of carbonyl (C=O) groups is 2. The number of amides is 2. The first-order valence-corrected chi connectivity index (χ1v) is 10.0. The summed E-state index contributed by atoms with van der Waals surface area (Å²) in [5.74, 6) is 0.510. The second-order valence-corrected chi connectivity index (χ2v) is 7.03. The number of hydrogen-bond acceptors (Lipinski definition) is 4. The fraction of sp³-hybridized carbons (Fsp3) is 0.273. The lowest BCUT2D eigenvalue weighted by Gasteiger charge is -2.21. The van der Waals surface area contributed by atoms with Crippen molar-refractivity contribution in [2.24, 2.45) is 0 Å². The molecular formula is C22H25BrN2O4. The van der Waals surface area contributed by atoms with E-state index >= 15 is 0 Å². The van der Waals surface area contributed by atoms with Crippen molar-refractivity contribution < 1.29 is 19.1 Å². The summed E-state index contributed by atoms with van der Waals surface area (Å²) in [5, 5.41) is 2.76. The van der Waals surface area contributed by atoms with Gasteiger partial charge in [-0.3, -0.25) is 9.59 Å². The van der Waals surface area contributed by atoms with Gasteiger partial charge in [-0.2, -0.15) is 0 Å². The van der Waals surface area contributed by atoms with Crippen molar-refractivity contribution >= 4 is 33.8 Å². The number of hydrogen-bond donors (Lipinski definition) is 1. The van der Waals surface area contributed by atoms with Crippen LogP contribution in [0.3, 0.4) is 0 Å². The highest BCUT2D eigenvalue weighted by molar-refractivity contribution is 9.10. The number of nitrogens with zero attached hydrogens (tertiary/aromatic N) is 1. The van der Waals surface area contributed by atoms with Gasteiger partial charge in [-0.25, -0.2) is 0 Å². The SMILES string of the molecule is CCN(CC)C(=O)/C(=C/c1ccc(OC)c(OC)c1)NC(=O)c1ccc(Br)cc1. The molecule has 0 radical (unpaired) electrons. The molecule has 0 aromatic heterocycles. The van der Waals surface area contributed by atoms with Crippen molar-refractivity contribution in [3.63, 3.8) is 0 Å². The van der Waals surface area contributed by atoms with Gasteiger partial charge in [0.25, 0.3) is 11.8 Å². The smallest absolute Gasteiger partial charge is 0.270 e. The van der Waals surface area contributed by atoms with E-state index in [1.54, 1.807) is 67.7 Å². The molecule has 0 heterocycles. The van der Waals surface area contributed by atoms with E-state index in [9.17, 15) is 9.59 Å². The zero-order valence-electron chi connectivity index (χ0n) is 17.0. The van der Waals surface area contributed by atoms with E-state index in [1.165, 1.54) is 0 Å². The normalized spacial score (nSPS) is 11.0. The van der Waals surface area contributed by atoms with E-state index in [0.717, 1.165) is 4.47 Å². The molecule has 0 aliphatic carbocycles. The summed E-state index contributed by atoms with van der Waals surface area (Å²) in [6.07, 6.45) is 1.64. The Hall–Kier alpha value is -2.80. The predicted octanol–water partition coefficient (Wildman–Crippen LogP) is 4.11. The summed E-state index contributed by atoms with van der Waals surface area (Å²) in [4.78, 5) is 27.3. The molecule has 2 rings (SSSR count). The van der Waals surface area contributed by atoms with Gasteiger partial charge in [0.2, 0.25) is 0 Å². The number of ether oxygens (including phenoxy) is 2. The van der Waals surface area contributed by atoms with Gasteiger partial charge in [-0.1, -0.05) is 22.0 Å². The van der Waals surface area contributed by atoms with Gasteiger partial charge in [0.05, 0.1) is 14.2 Å². The van der Waals surface area contributed by atoms with E-state index in [0.29, 0.717) is 35.7 Å². The molecule has 154 valence electrons. The number of benzene rings is 2. The van der Waals surface area contributed by atoms with Crippen molar-refractivity contribution in [2.75, 3.05) is 27.3 Å². The third-order valence-corrected chi connectivity index (χ3v) is 4.88. The molecule has 29 heavy (non-hydrogen) atoms. The molecule has 0 fully saturated rings. The summed E-state index contributed by atoms with van der Waals surface area (Å²) < 4.78 is 11.5. The lowest BCUT2D eigenvalue weighted by molar-refractivity contribution is -0.127. The van der Waals surface area contributed by atoms with Gasteiger partial charge in [-0.15, -0.1) is 0 Å². The number of halogens is 1. The predicted molar refractivity (Wildman–Crippen MR) is 117 cm³/mol. The molecule has 0 aliphatic heterocycles. The van der Waals surface area contributed by atoms with E-state index in [1.807, 2.05) is 13.8 Å². The molecule has 2 aromatic rings. The zero-order chi connectivity index (χ0) is 21.4. The van der Waals surface area contributed by atoms with E-state index in [2.05, 4.69) is 21.2 Å². The van der Waals surface area contributed by atoms with Crippen LogP contribution >= 0.6 is 15.9 Å². The van der Waals surface area contributed by atoms with Crippen LogP contribution in [0.4, 0.5) is 0 Å². The molecule has 2 amide bonds.